The standard InChI is InChI=1S/C37H37ClFNO2/c1-25-6-8-26(9-7-25)28-12-16-33-29(22-28)4-2-5-35(34-17-13-30(38)23-36(34)41)37(33)27-10-14-31(15-11-27)42-32-18-21-40(24-32)20-3-19-39/h6-17,22-23,32,41H,2-5,18-21,24H2,1H3. The first-order chi connectivity index (χ1) is 20.5. The molecule has 1 N–H and O–H groups in total. The number of aromatic hydroxyl groups is 1. The molecule has 4 aromatic carbocycles. The summed E-state index contributed by atoms with van der Waals surface area (Å²) in [7, 11) is 0. The zero-order valence-electron chi connectivity index (χ0n) is 24.1. The minimum atomic E-state index is -0.272. The van der Waals surface area contributed by atoms with Gasteiger partial charge in [-0.15, -0.1) is 0 Å². The Hall–Kier alpha value is -3.60. The fourth-order valence-corrected chi connectivity index (χ4v) is 6.51. The summed E-state index contributed by atoms with van der Waals surface area (Å²) in [6, 6.07) is 29.3. The summed E-state index contributed by atoms with van der Waals surface area (Å²) in [6.07, 6.45) is 4.43. The predicted molar refractivity (Wildman–Crippen MR) is 171 cm³/mol. The van der Waals surface area contributed by atoms with Crippen molar-refractivity contribution in [3.63, 3.8) is 0 Å². The summed E-state index contributed by atoms with van der Waals surface area (Å²) in [5.74, 6) is 1.05. The van der Waals surface area contributed by atoms with E-state index in [1.165, 1.54) is 27.8 Å². The second kappa shape index (κ2) is 12.7. The zero-order valence-corrected chi connectivity index (χ0v) is 24.8. The third kappa shape index (κ3) is 6.25. The molecule has 0 saturated carbocycles. The summed E-state index contributed by atoms with van der Waals surface area (Å²) >= 11 is 6.22. The second-order valence-electron chi connectivity index (χ2n) is 11.5. The van der Waals surface area contributed by atoms with Gasteiger partial charge in [0.15, 0.2) is 0 Å². The Balaban J connectivity index is 1.37. The van der Waals surface area contributed by atoms with Gasteiger partial charge in [-0.25, -0.2) is 0 Å². The average Bonchev–Trinajstić information content (AvgIpc) is 3.35. The third-order valence-corrected chi connectivity index (χ3v) is 8.74. The lowest BCUT2D eigenvalue weighted by Gasteiger charge is -2.19. The smallest absolute Gasteiger partial charge is 0.124 e. The first kappa shape index (κ1) is 28.5. The van der Waals surface area contributed by atoms with Gasteiger partial charge in [0.25, 0.3) is 0 Å². The van der Waals surface area contributed by atoms with Gasteiger partial charge in [0.05, 0.1) is 6.67 Å². The minimum absolute atomic E-state index is 0.120. The van der Waals surface area contributed by atoms with E-state index in [0.717, 1.165) is 73.3 Å². The number of fused-ring (bicyclic) bond motifs is 1. The summed E-state index contributed by atoms with van der Waals surface area (Å²) < 4.78 is 18.9. The van der Waals surface area contributed by atoms with E-state index in [9.17, 15) is 9.50 Å². The molecule has 1 fully saturated rings. The van der Waals surface area contributed by atoms with Crippen molar-refractivity contribution in [3.05, 3.63) is 118 Å². The first-order valence-electron chi connectivity index (χ1n) is 15.0. The number of phenols is 1. The lowest BCUT2D eigenvalue weighted by molar-refractivity contribution is 0.198. The van der Waals surface area contributed by atoms with Crippen molar-refractivity contribution in [2.75, 3.05) is 26.3 Å². The molecule has 5 heteroatoms. The van der Waals surface area contributed by atoms with Gasteiger partial charge >= 0.3 is 0 Å². The van der Waals surface area contributed by atoms with E-state index in [1.54, 1.807) is 6.07 Å². The number of benzene rings is 4. The Kier molecular flexibility index (Phi) is 8.64. The van der Waals surface area contributed by atoms with Crippen molar-refractivity contribution in [3.8, 4) is 22.6 Å². The van der Waals surface area contributed by atoms with E-state index < -0.39 is 0 Å². The van der Waals surface area contributed by atoms with E-state index >= 15 is 0 Å². The number of nitrogens with zero attached hydrogens (tertiary/aromatic N) is 1. The highest BCUT2D eigenvalue weighted by molar-refractivity contribution is 6.30. The molecule has 216 valence electrons. The molecule has 2 aliphatic rings. The molecule has 1 unspecified atom stereocenters. The maximum Gasteiger partial charge on any atom is 0.124 e. The van der Waals surface area contributed by atoms with Gasteiger partial charge < -0.3 is 9.84 Å². The molecule has 4 aromatic rings. The van der Waals surface area contributed by atoms with Crippen LogP contribution in [0.25, 0.3) is 22.3 Å². The van der Waals surface area contributed by atoms with Crippen molar-refractivity contribution < 1.29 is 14.2 Å². The topological polar surface area (TPSA) is 32.7 Å². The summed E-state index contributed by atoms with van der Waals surface area (Å²) in [4.78, 5) is 2.28. The molecule has 1 atom stereocenters. The number of hydrogen-bond acceptors (Lipinski definition) is 3. The molecular formula is C37H37ClFNO2. The molecule has 0 bridgehead atoms. The van der Waals surface area contributed by atoms with Crippen LogP contribution in [0.3, 0.4) is 0 Å². The largest absolute Gasteiger partial charge is 0.507 e. The summed E-state index contributed by atoms with van der Waals surface area (Å²) in [6.45, 7) is 4.41. The van der Waals surface area contributed by atoms with Crippen molar-refractivity contribution in [2.45, 2.75) is 45.1 Å². The van der Waals surface area contributed by atoms with Crippen LogP contribution in [0.2, 0.25) is 5.02 Å². The Morgan fingerprint density at radius 2 is 1.62 bits per heavy atom. The number of halogens is 2. The zero-order chi connectivity index (χ0) is 29.1. The van der Waals surface area contributed by atoms with Crippen LogP contribution in [-0.4, -0.2) is 42.4 Å². The molecule has 6 rings (SSSR count). The third-order valence-electron chi connectivity index (χ3n) is 8.50. The van der Waals surface area contributed by atoms with Crippen molar-refractivity contribution in [2.24, 2.45) is 0 Å². The number of rotatable bonds is 8. The molecule has 1 aliphatic carbocycles. The molecule has 0 spiro atoms. The van der Waals surface area contributed by atoms with Gasteiger partial charge in [0.2, 0.25) is 0 Å². The van der Waals surface area contributed by atoms with E-state index in [1.807, 2.05) is 12.1 Å². The van der Waals surface area contributed by atoms with Crippen molar-refractivity contribution >= 4 is 22.7 Å². The maximum absolute atomic E-state index is 12.6. The van der Waals surface area contributed by atoms with Crippen LogP contribution < -0.4 is 4.74 Å². The Labute approximate surface area is 253 Å². The molecule has 0 amide bonds. The van der Waals surface area contributed by atoms with Gasteiger partial charge in [0.1, 0.15) is 17.6 Å². The molecule has 1 saturated heterocycles. The Morgan fingerprint density at radius 3 is 2.38 bits per heavy atom. The molecule has 0 aromatic heterocycles. The molecule has 3 nitrogen and oxygen atoms in total. The van der Waals surface area contributed by atoms with Crippen LogP contribution in [0, 0.1) is 6.92 Å². The lowest BCUT2D eigenvalue weighted by Crippen LogP contribution is -2.26. The van der Waals surface area contributed by atoms with E-state index in [2.05, 4.69) is 78.6 Å². The van der Waals surface area contributed by atoms with E-state index in [4.69, 9.17) is 16.3 Å². The monoisotopic (exact) mass is 581 g/mol. The van der Waals surface area contributed by atoms with Crippen LogP contribution in [0.5, 0.6) is 11.5 Å². The number of likely N-dealkylation sites (tertiary alicyclic amines) is 1. The van der Waals surface area contributed by atoms with Crippen LogP contribution in [0.15, 0.2) is 84.9 Å². The van der Waals surface area contributed by atoms with Gasteiger partial charge in [0, 0.05) is 30.2 Å². The molecular weight excluding hydrogens is 545 g/mol. The molecule has 1 heterocycles. The Bertz CT molecular complexity index is 1580. The number of hydrogen-bond donors (Lipinski definition) is 1. The normalized spacial score (nSPS) is 17.3. The number of ether oxygens (including phenoxy) is 1. The highest BCUT2D eigenvalue weighted by atomic mass is 35.5. The van der Waals surface area contributed by atoms with Crippen LogP contribution >= 0.6 is 11.6 Å². The quantitative estimate of drug-likeness (QED) is 0.225. The fourth-order valence-electron chi connectivity index (χ4n) is 6.34. The SMILES string of the molecule is Cc1ccc(-c2ccc3c(c2)CCCC(c2ccc(Cl)cc2O)=C3c2ccc(OC3CCN(CCCF)C3)cc2)cc1. The highest BCUT2D eigenvalue weighted by Gasteiger charge is 2.25. The molecule has 0 radical (unpaired) electrons. The fraction of sp³-hybridized carbons (Fsp3) is 0.297. The minimum Gasteiger partial charge on any atom is -0.507 e. The number of alkyl halides is 1. The highest BCUT2D eigenvalue weighted by Crippen LogP contribution is 2.43. The van der Waals surface area contributed by atoms with Crippen molar-refractivity contribution in [1.82, 2.24) is 4.90 Å². The molecule has 42 heavy (non-hydrogen) atoms. The van der Waals surface area contributed by atoms with Gasteiger partial charge in [-0.2, -0.15) is 0 Å². The van der Waals surface area contributed by atoms with Gasteiger partial charge in [-0.3, -0.25) is 9.29 Å². The van der Waals surface area contributed by atoms with Gasteiger partial charge in [-0.1, -0.05) is 71.8 Å². The van der Waals surface area contributed by atoms with E-state index in [-0.39, 0.29) is 18.5 Å². The number of allylic oxidation sites excluding steroid dienone is 1. The Morgan fingerprint density at radius 1 is 0.881 bits per heavy atom. The average molecular weight is 582 g/mol. The van der Waals surface area contributed by atoms with Gasteiger partial charge in [-0.05, 0) is 108 Å². The van der Waals surface area contributed by atoms with Crippen LogP contribution in [0.1, 0.15) is 53.5 Å². The first-order valence-corrected chi connectivity index (χ1v) is 15.3. The second-order valence-corrected chi connectivity index (χ2v) is 11.9. The van der Waals surface area contributed by atoms with Crippen LogP contribution in [-0.2, 0) is 6.42 Å². The maximum atomic E-state index is 12.6. The van der Waals surface area contributed by atoms with Crippen molar-refractivity contribution in [1.29, 1.82) is 0 Å². The summed E-state index contributed by atoms with van der Waals surface area (Å²) in [5.41, 5.74) is 10.4. The van der Waals surface area contributed by atoms with Crippen LogP contribution in [0.4, 0.5) is 4.39 Å². The summed E-state index contributed by atoms with van der Waals surface area (Å²) in [5, 5.41) is 11.5. The molecule has 1 aliphatic heterocycles. The lowest BCUT2D eigenvalue weighted by atomic mass is 9.86. The number of phenolic OH excluding ortho intramolecular Hbond substituents is 1. The number of aryl methyl sites for hydroxylation is 2. The van der Waals surface area contributed by atoms with E-state index in [0.29, 0.717) is 11.4 Å². The predicted octanol–water partition coefficient (Wildman–Crippen LogP) is 9.13.